The van der Waals surface area contributed by atoms with Gasteiger partial charge in [0.2, 0.25) is 0 Å². The van der Waals surface area contributed by atoms with E-state index in [0.717, 1.165) is 36.8 Å². The number of nitriles is 1. The molecule has 1 N–H and O–H groups in total. The van der Waals surface area contributed by atoms with Crippen LogP contribution in [0.3, 0.4) is 0 Å². The maximum atomic E-state index is 11.9. The third kappa shape index (κ3) is 2.95. The van der Waals surface area contributed by atoms with Gasteiger partial charge < -0.3 is 5.32 Å². The van der Waals surface area contributed by atoms with E-state index in [4.69, 9.17) is 5.26 Å². The lowest BCUT2D eigenvalue weighted by Crippen LogP contribution is -2.24. The van der Waals surface area contributed by atoms with Crippen molar-refractivity contribution in [3.63, 3.8) is 0 Å². The highest BCUT2D eigenvalue weighted by atomic mass is 16.1. The minimum absolute atomic E-state index is 0.258. The molecule has 0 saturated heterocycles. The maximum absolute atomic E-state index is 11.9. The van der Waals surface area contributed by atoms with Crippen LogP contribution in [0.5, 0.6) is 0 Å². The van der Waals surface area contributed by atoms with E-state index < -0.39 is 0 Å². The van der Waals surface area contributed by atoms with Crippen molar-refractivity contribution in [2.45, 2.75) is 32.2 Å². The van der Waals surface area contributed by atoms with Crippen molar-refractivity contribution >= 4 is 5.91 Å². The summed E-state index contributed by atoms with van der Waals surface area (Å²) in [4.78, 5) is 15.8. The fourth-order valence-electron chi connectivity index (χ4n) is 2.11. The molecule has 1 saturated carbocycles. The van der Waals surface area contributed by atoms with Gasteiger partial charge in [0.25, 0.3) is 5.91 Å². The van der Waals surface area contributed by atoms with Crippen molar-refractivity contribution in [3.8, 4) is 6.07 Å². The summed E-state index contributed by atoms with van der Waals surface area (Å²) in [6.07, 6.45) is 7.29. The van der Waals surface area contributed by atoms with E-state index in [0.29, 0.717) is 12.1 Å². The molecule has 0 aromatic carbocycles. The second kappa shape index (κ2) is 5.97. The quantitative estimate of drug-likeness (QED) is 0.651. The average Bonchev–Trinajstić information content (AvgIpc) is 2.92. The van der Waals surface area contributed by atoms with Crippen molar-refractivity contribution in [1.82, 2.24) is 10.3 Å². The van der Waals surface area contributed by atoms with Crippen LogP contribution in [0.4, 0.5) is 0 Å². The molecule has 2 rings (SSSR count). The van der Waals surface area contributed by atoms with Crippen molar-refractivity contribution in [3.05, 3.63) is 41.2 Å². The lowest BCUT2D eigenvalue weighted by molar-refractivity contribution is -0.117. The van der Waals surface area contributed by atoms with Crippen LogP contribution < -0.4 is 5.32 Å². The van der Waals surface area contributed by atoms with Crippen LogP contribution in [0.1, 0.15) is 31.2 Å². The Labute approximate surface area is 106 Å². The number of allylic oxidation sites excluding steroid dienone is 1. The second-order valence-corrected chi connectivity index (χ2v) is 4.34. The molecule has 92 valence electrons. The Morgan fingerprint density at radius 1 is 1.33 bits per heavy atom. The van der Waals surface area contributed by atoms with Crippen LogP contribution in [0.2, 0.25) is 0 Å². The number of aromatic nitrogens is 1. The van der Waals surface area contributed by atoms with Gasteiger partial charge in [-0.05, 0) is 49.0 Å². The molecule has 1 aliphatic rings. The molecule has 18 heavy (non-hydrogen) atoms. The Morgan fingerprint density at radius 3 is 2.61 bits per heavy atom. The first-order valence-corrected chi connectivity index (χ1v) is 6.10. The van der Waals surface area contributed by atoms with Gasteiger partial charge in [0.1, 0.15) is 11.6 Å². The second-order valence-electron chi connectivity index (χ2n) is 4.34. The normalized spacial score (nSPS) is 14.1. The zero-order chi connectivity index (χ0) is 12.8. The number of carbonyl (C=O) groups is 1. The highest BCUT2D eigenvalue weighted by molar-refractivity contribution is 5.98. The van der Waals surface area contributed by atoms with Gasteiger partial charge >= 0.3 is 0 Å². The van der Waals surface area contributed by atoms with E-state index in [-0.39, 0.29) is 5.91 Å². The molecule has 0 unspecified atom stereocenters. The number of hydrogen-bond acceptors (Lipinski definition) is 3. The van der Waals surface area contributed by atoms with E-state index in [9.17, 15) is 4.79 Å². The number of nitrogens with zero attached hydrogens (tertiary/aromatic N) is 2. The van der Waals surface area contributed by atoms with E-state index in [1.54, 1.807) is 12.4 Å². The molecule has 0 spiro atoms. The Morgan fingerprint density at radius 2 is 2.00 bits per heavy atom. The zero-order valence-electron chi connectivity index (χ0n) is 10.1. The fraction of sp³-hybridized carbons (Fsp3) is 0.357. The summed E-state index contributed by atoms with van der Waals surface area (Å²) in [7, 11) is 0. The molecule has 0 atom stereocenters. The molecule has 4 nitrogen and oxygen atoms in total. The predicted molar refractivity (Wildman–Crippen MR) is 67.2 cm³/mol. The number of hydrogen-bond donors (Lipinski definition) is 1. The minimum atomic E-state index is -0.258. The summed E-state index contributed by atoms with van der Waals surface area (Å²) in [5.41, 5.74) is 2.29. The molecule has 1 aromatic heterocycles. The molecule has 1 heterocycles. The third-order valence-electron chi connectivity index (χ3n) is 3.10. The standard InChI is InChI=1S/C14H15N3O/c15-9-13(12-3-1-2-4-12)14(18)17-10-11-5-7-16-8-6-11/h5-8H,1-4,10H2,(H,17,18). The van der Waals surface area contributed by atoms with E-state index in [1.807, 2.05) is 18.2 Å². The van der Waals surface area contributed by atoms with Crippen LogP contribution >= 0.6 is 0 Å². The van der Waals surface area contributed by atoms with Gasteiger partial charge in [-0.15, -0.1) is 0 Å². The van der Waals surface area contributed by atoms with Crippen molar-refractivity contribution < 1.29 is 4.79 Å². The summed E-state index contributed by atoms with van der Waals surface area (Å²) in [6.45, 7) is 0.430. The van der Waals surface area contributed by atoms with E-state index in [2.05, 4.69) is 10.3 Å². The number of carbonyl (C=O) groups excluding carboxylic acids is 1. The summed E-state index contributed by atoms with van der Waals surface area (Å²) < 4.78 is 0. The molecule has 1 fully saturated rings. The van der Waals surface area contributed by atoms with Crippen molar-refractivity contribution in [2.24, 2.45) is 0 Å². The van der Waals surface area contributed by atoms with Crippen molar-refractivity contribution in [1.29, 1.82) is 5.26 Å². The lowest BCUT2D eigenvalue weighted by Gasteiger charge is -2.06. The maximum Gasteiger partial charge on any atom is 0.262 e. The van der Waals surface area contributed by atoms with Crippen LogP contribution in [-0.4, -0.2) is 10.9 Å². The summed E-state index contributed by atoms with van der Waals surface area (Å²) in [5.74, 6) is -0.258. The van der Waals surface area contributed by atoms with Gasteiger partial charge in [-0.1, -0.05) is 0 Å². The molecule has 0 radical (unpaired) electrons. The number of rotatable bonds is 3. The first kappa shape index (κ1) is 12.3. The van der Waals surface area contributed by atoms with Crippen LogP contribution in [0, 0.1) is 11.3 Å². The van der Waals surface area contributed by atoms with Crippen LogP contribution in [-0.2, 0) is 11.3 Å². The van der Waals surface area contributed by atoms with Gasteiger partial charge in [-0.3, -0.25) is 9.78 Å². The van der Waals surface area contributed by atoms with Gasteiger partial charge in [-0.2, -0.15) is 5.26 Å². The Bertz CT molecular complexity index is 492. The Hall–Kier alpha value is -2.15. The SMILES string of the molecule is N#CC(C(=O)NCc1ccncc1)=C1CCCC1. The predicted octanol–water partition coefficient (Wildman–Crippen LogP) is 2.09. The molecule has 1 amide bonds. The minimum Gasteiger partial charge on any atom is -0.347 e. The smallest absolute Gasteiger partial charge is 0.262 e. The number of nitrogens with one attached hydrogen (secondary N) is 1. The summed E-state index contributed by atoms with van der Waals surface area (Å²) in [5, 5.41) is 11.9. The molecule has 1 aromatic rings. The highest BCUT2D eigenvalue weighted by Crippen LogP contribution is 2.26. The first-order chi connectivity index (χ1) is 8.81. The fourth-order valence-corrected chi connectivity index (χ4v) is 2.11. The third-order valence-corrected chi connectivity index (χ3v) is 3.10. The van der Waals surface area contributed by atoms with Crippen LogP contribution in [0.25, 0.3) is 0 Å². The number of amides is 1. The van der Waals surface area contributed by atoms with E-state index in [1.165, 1.54) is 0 Å². The molecule has 0 bridgehead atoms. The Kier molecular flexibility index (Phi) is 4.08. The Balaban J connectivity index is 1.99. The van der Waals surface area contributed by atoms with Gasteiger partial charge in [0, 0.05) is 18.9 Å². The number of pyridine rings is 1. The van der Waals surface area contributed by atoms with Gasteiger partial charge in [0.15, 0.2) is 0 Å². The molecule has 4 heteroatoms. The van der Waals surface area contributed by atoms with Gasteiger partial charge in [0.05, 0.1) is 0 Å². The van der Waals surface area contributed by atoms with Crippen molar-refractivity contribution in [2.75, 3.05) is 0 Å². The molecule has 1 aliphatic carbocycles. The highest BCUT2D eigenvalue weighted by Gasteiger charge is 2.18. The summed E-state index contributed by atoms with van der Waals surface area (Å²) >= 11 is 0. The molecule has 0 aliphatic heterocycles. The van der Waals surface area contributed by atoms with E-state index >= 15 is 0 Å². The topological polar surface area (TPSA) is 65.8 Å². The molecular weight excluding hydrogens is 226 g/mol. The van der Waals surface area contributed by atoms with Gasteiger partial charge in [-0.25, -0.2) is 0 Å². The monoisotopic (exact) mass is 241 g/mol. The first-order valence-electron chi connectivity index (χ1n) is 6.10. The zero-order valence-corrected chi connectivity index (χ0v) is 10.1. The molecular formula is C14H15N3O. The average molecular weight is 241 g/mol. The van der Waals surface area contributed by atoms with Crippen LogP contribution in [0.15, 0.2) is 35.7 Å². The largest absolute Gasteiger partial charge is 0.347 e. The summed E-state index contributed by atoms with van der Waals surface area (Å²) in [6, 6.07) is 5.72. The lowest BCUT2D eigenvalue weighted by atomic mass is 10.1.